The molecule has 9 nitrogen and oxygen atoms in total. The van der Waals surface area contributed by atoms with Gasteiger partial charge in [-0.1, -0.05) is 64.7 Å². The van der Waals surface area contributed by atoms with Crippen LogP contribution in [0.3, 0.4) is 0 Å². The molecule has 1 amide bonds. The molecule has 196 valence electrons. The first-order chi connectivity index (χ1) is 16.9. The largest absolute Gasteiger partial charge is 0.496 e. The fourth-order valence-corrected chi connectivity index (χ4v) is 3.83. The predicted octanol–water partition coefficient (Wildman–Crippen LogP) is 5.54. The molecular formula is C26H43N5O4. The Morgan fingerprint density at radius 3 is 1.94 bits per heavy atom. The molecule has 9 heteroatoms. The first-order valence-electron chi connectivity index (χ1n) is 12.8. The molecule has 1 N–H and O–H groups in total. The molecule has 0 radical (unpaired) electrons. The molecule has 2 rings (SSSR count). The Hall–Kier alpha value is -2.84. The normalized spacial score (nSPS) is 11.4. The highest BCUT2D eigenvalue weighted by atomic mass is 16.5. The number of aryl methyl sites for hydroxylation is 1. The zero-order chi connectivity index (χ0) is 25.7. The maximum absolute atomic E-state index is 13.2. The Morgan fingerprint density at radius 1 is 0.886 bits per heavy atom. The summed E-state index contributed by atoms with van der Waals surface area (Å²) in [6, 6.07) is 3.37. The van der Waals surface area contributed by atoms with E-state index < -0.39 is 5.41 Å². The van der Waals surface area contributed by atoms with Gasteiger partial charge in [0, 0.05) is 12.1 Å². The van der Waals surface area contributed by atoms with Gasteiger partial charge in [-0.2, -0.15) is 4.80 Å². The first kappa shape index (κ1) is 28.4. The van der Waals surface area contributed by atoms with Crippen molar-refractivity contribution in [3.8, 4) is 17.2 Å². The number of tetrazole rings is 1. The smallest absolute Gasteiger partial charge is 0.238 e. The van der Waals surface area contributed by atoms with E-state index in [-0.39, 0.29) is 5.91 Å². The Kier molecular flexibility index (Phi) is 11.8. The molecule has 0 fully saturated rings. The number of nitrogens with zero attached hydrogens (tertiary/aromatic N) is 4. The number of amides is 1. The SMILES string of the molecule is CCCCCCCCCCCCn1nnc(C(C)(C)C(=O)Nc2c(OC)cc(OC)cc2OC)n1. The van der Waals surface area contributed by atoms with Crippen molar-refractivity contribution in [3.63, 3.8) is 0 Å². The number of anilines is 1. The lowest BCUT2D eigenvalue weighted by atomic mass is 9.91. The zero-order valence-electron chi connectivity index (χ0n) is 22.4. The van der Waals surface area contributed by atoms with E-state index in [4.69, 9.17) is 14.2 Å². The van der Waals surface area contributed by atoms with Crippen molar-refractivity contribution in [2.45, 2.75) is 96.9 Å². The van der Waals surface area contributed by atoms with Gasteiger partial charge in [-0.25, -0.2) is 0 Å². The van der Waals surface area contributed by atoms with Gasteiger partial charge in [-0.05, 0) is 25.5 Å². The summed E-state index contributed by atoms with van der Waals surface area (Å²) in [5.74, 6) is 1.50. The summed E-state index contributed by atoms with van der Waals surface area (Å²) in [4.78, 5) is 14.8. The number of aromatic nitrogens is 4. The number of nitrogens with one attached hydrogen (secondary N) is 1. The number of hydrogen-bond donors (Lipinski definition) is 1. The second-order valence-electron chi connectivity index (χ2n) is 9.38. The quantitative estimate of drug-likeness (QED) is 0.291. The van der Waals surface area contributed by atoms with Crippen LogP contribution in [0, 0.1) is 0 Å². The third-order valence-electron chi connectivity index (χ3n) is 6.24. The predicted molar refractivity (Wildman–Crippen MR) is 137 cm³/mol. The summed E-state index contributed by atoms with van der Waals surface area (Å²) in [6.07, 6.45) is 12.7. The Bertz CT molecular complexity index is 888. The van der Waals surface area contributed by atoms with Crippen molar-refractivity contribution in [2.75, 3.05) is 26.6 Å². The molecule has 0 unspecified atom stereocenters. The lowest BCUT2D eigenvalue weighted by molar-refractivity contribution is -0.120. The van der Waals surface area contributed by atoms with Crippen molar-refractivity contribution < 1.29 is 19.0 Å². The molecule has 2 aromatic rings. The molecule has 1 aromatic heterocycles. The van der Waals surface area contributed by atoms with Crippen molar-refractivity contribution in [2.24, 2.45) is 0 Å². The van der Waals surface area contributed by atoms with Crippen LogP contribution in [0.4, 0.5) is 5.69 Å². The molecule has 0 atom stereocenters. The highest BCUT2D eigenvalue weighted by molar-refractivity contribution is 6.00. The van der Waals surface area contributed by atoms with Crippen LogP contribution >= 0.6 is 0 Å². The van der Waals surface area contributed by atoms with E-state index in [0.29, 0.717) is 35.3 Å². The molecular weight excluding hydrogens is 446 g/mol. The van der Waals surface area contributed by atoms with Crippen LogP contribution in [-0.4, -0.2) is 47.4 Å². The number of rotatable bonds is 17. The van der Waals surface area contributed by atoms with Crippen molar-refractivity contribution in [3.05, 3.63) is 18.0 Å². The Morgan fingerprint density at radius 2 is 1.43 bits per heavy atom. The second-order valence-corrected chi connectivity index (χ2v) is 9.38. The molecule has 0 aliphatic heterocycles. The lowest BCUT2D eigenvalue weighted by Crippen LogP contribution is -2.36. The van der Waals surface area contributed by atoms with Gasteiger partial charge in [0.25, 0.3) is 0 Å². The van der Waals surface area contributed by atoms with Gasteiger partial charge in [-0.3, -0.25) is 4.79 Å². The molecule has 0 aliphatic rings. The van der Waals surface area contributed by atoms with E-state index in [1.54, 1.807) is 37.9 Å². The summed E-state index contributed by atoms with van der Waals surface area (Å²) >= 11 is 0. The maximum Gasteiger partial charge on any atom is 0.238 e. The van der Waals surface area contributed by atoms with Crippen LogP contribution in [0.5, 0.6) is 17.2 Å². The van der Waals surface area contributed by atoms with Crippen LogP contribution in [0.1, 0.15) is 90.8 Å². The van der Waals surface area contributed by atoms with Gasteiger partial charge in [0.2, 0.25) is 5.91 Å². The van der Waals surface area contributed by atoms with E-state index in [2.05, 4.69) is 27.7 Å². The van der Waals surface area contributed by atoms with Gasteiger partial charge in [0.15, 0.2) is 5.82 Å². The molecule has 35 heavy (non-hydrogen) atoms. The van der Waals surface area contributed by atoms with Crippen LogP contribution in [0.15, 0.2) is 12.1 Å². The molecule has 1 heterocycles. The van der Waals surface area contributed by atoms with E-state index in [1.807, 2.05) is 0 Å². The average Bonchev–Trinajstić information content (AvgIpc) is 3.35. The third kappa shape index (κ3) is 8.40. The number of benzene rings is 1. The maximum atomic E-state index is 13.2. The molecule has 0 saturated carbocycles. The van der Waals surface area contributed by atoms with Crippen molar-refractivity contribution in [1.29, 1.82) is 0 Å². The van der Waals surface area contributed by atoms with Crippen LogP contribution in [0.25, 0.3) is 0 Å². The monoisotopic (exact) mass is 489 g/mol. The Balaban J connectivity index is 1.88. The molecule has 1 aromatic carbocycles. The Labute approximate surface area is 209 Å². The first-order valence-corrected chi connectivity index (χ1v) is 12.8. The summed E-state index contributed by atoms with van der Waals surface area (Å²) in [7, 11) is 4.60. The summed E-state index contributed by atoms with van der Waals surface area (Å²) in [5.41, 5.74) is -0.585. The minimum absolute atomic E-state index is 0.294. The highest BCUT2D eigenvalue weighted by Crippen LogP contribution is 2.39. The van der Waals surface area contributed by atoms with Gasteiger partial charge < -0.3 is 19.5 Å². The van der Waals surface area contributed by atoms with Gasteiger partial charge in [-0.15, -0.1) is 10.2 Å². The van der Waals surface area contributed by atoms with E-state index in [0.717, 1.165) is 12.8 Å². The zero-order valence-corrected chi connectivity index (χ0v) is 22.4. The van der Waals surface area contributed by atoms with Gasteiger partial charge in [0.05, 0.1) is 27.9 Å². The average molecular weight is 490 g/mol. The molecule has 0 spiro atoms. The number of carbonyl (C=O) groups excluding carboxylic acids is 1. The van der Waals surface area contributed by atoms with E-state index in [9.17, 15) is 4.79 Å². The summed E-state index contributed by atoms with van der Waals surface area (Å²) in [6.45, 7) is 6.49. The molecule has 0 bridgehead atoms. The number of hydrogen-bond acceptors (Lipinski definition) is 7. The van der Waals surface area contributed by atoms with Crippen LogP contribution < -0.4 is 19.5 Å². The fourth-order valence-electron chi connectivity index (χ4n) is 3.83. The number of ether oxygens (including phenoxy) is 3. The summed E-state index contributed by atoms with van der Waals surface area (Å²) in [5, 5.41) is 15.7. The minimum Gasteiger partial charge on any atom is -0.496 e. The van der Waals surface area contributed by atoms with Gasteiger partial charge >= 0.3 is 0 Å². The summed E-state index contributed by atoms with van der Waals surface area (Å²) < 4.78 is 16.1. The molecule has 0 saturated heterocycles. The lowest BCUT2D eigenvalue weighted by Gasteiger charge is -2.22. The van der Waals surface area contributed by atoms with Crippen LogP contribution in [-0.2, 0) is 16.8 Å². The topological polar surface area (TPSA) is 100 Å². The minimum atomic E-state index is -1.01. The van der Waals surface area contributed by atoms with Crippen molar-refractivity contribution in [1.82, 2.24) is 20.2 Å². The number of carbonyl (C=O) groups is 1. The second kappa shape index (κ2) is 14.5. The number of methoxy groups -OCH3 is 3. The number of unbranched alkanes of at least 4 members (excludes halogenated alkanes) is 9. The van der Waals surface area contributed by atoms with Crippen molar-refractivity contribution >= 4 is 11.6 Å². The standard InChI is InChI=1S/C26H43N5O4/c1-7-8-9-10-11-12-13-14-15-16-17-31-29-24(28-30-31)26(2,3)25(32)27-23-21(34-5)18-20(33-4)19-22(23)35-6/h18-19H,7-17H2,1-6H3,(H,27,32). The van der Waals surface area contributed by atoms with Gasteiger partial charge in [0.1, 0.15) is 28.4 Å². The highest BCUT2D eigenvalue weighted by Gasteiger charge is 2.36. The van der Waals surface area contributed by atoms with E-state index >= 15 is 0 Å². The molecule has 0 aliphatic carbocycles. The van der Waals surface area contributed by atoms with Crippen LogP contribution in [0.2, 0.25) is 0 Å². The fraction of sp³-hybridized carbons (Fsp3) is 0.692. The third-order valence-corrected chi connectivity index (χ3v) is 6.24. The van der Waals surface area contributed by atoms with E-state index in [1.165, 1.54) is 65.6 Å².